The van der Waals surface area contributed by atoms with Crippen molar-refractivity contribution in [1.29, 1.82) is 0 Å². The third kappa shape index (κ3) is 33600. The average Bonchev–Trinajstić information content (AvgIpc) is 1.19. The van der Waals surface area contributed by atoms with Crippen LogP contribution in [-0.4, -0.2) is 90.3 Å². The summed E-state index contributed by atoms with van der Waals surface area (Å²) in [5, 5.41) is 16.7. The van der Waals surface area contributed by atoms with Crippen molar-refractivity contribution in [1.82, 2.24) is 0 Å². The van der Waals surface area contributed by atoms with Crippen molar-refractivity contribution in [3.63, 3.8) is 0 Å². The quantitative estimate of drug-likeness (QED) is 0.187. The standard InChI is InChI=1S/CH2O3.Al.Fe.H2O4S.9H2O.Zn/c2-1(3)4;;;1-5(2,3)4;;;;;;;;;;/h(H2,2,3,4);;;(H2,1,2,3,4);9*1H2;/q;+3;+2;;;;;;;;;;;+2/p-5. The van der Waals surface area contributed by atoms with E-state index in [0.29, 0.717) is 0 Å². The number of carboxylic acid groups (broad SMARTS) is 2. The molecule has 134 valence electrons. The predicted molar refractivity (Wildman–Crippen MR) is 52.5 cm³/mol. The van der Waals surface area contributed by atoms with Gasteiger partial charge < -0.3 is 73.4 Å². The first-order chi connectivity index (χ1) is 3.73. The second kappa shape index (κ2) is 86.6. The van der Waals surface area contributed by atoms with Crippen molar-refractivity contribution in [3.05, 3.63) is 0 Å². The van der Waals surface area contributed by atoms with E-state index in [-0.39, 0.29) is 103 Å². The van der Waals surface area contributed by atoms with Crippen LogP contribution in [0.15, 0.2) is 0 Å². The van der Waals surface area contributed by atoms with Gasteiger partial charge in [0.15, 0.2) is 0 Å². The first-order valence-corrected chi connectivity index (χ1v) is 2.61. The SMILES string of the molecule is O.O.O.O.O.O.O.O.O=C([O-])[O-].O=S(=O)([O-])[O-].[Al+3].[Fe+2].[OH-].[Zn+2]. The van der Waals surface area contributed by atoms with Gasteiger partial charge in [-0.1, -0.05) is 0 Å². The van der Waals surface area contributed by atoms with E-state index in [1.165, 1.54) is 0 Å². The van der Waals surface area contributed by atoms with E-state index in [4.69, 9.17) is 32.5 Å². The fourth-order valence-electron chi connectivity index (χ4n) is 0. The molecular formula is CH17AlFeO16SZn+2. The minimum absolute atomic E-state index is 0. The molecule has 0 aromatic rings. The molecule has 0 aliphatic carbocycles. The normalized spacial score (nSPS) is 3.90. The molecule has 20 heteroatoms. The Balaban J connectivity index is -0.00000000249. The third-order valence-electron chi connectivity index (χ3n) is 0. The van der Waals surface area contributed by atoms with Crippen LogP contribution in [0.3, 0.4) is 0 Å². The molecule has 0 atom stereocenters. The van der Waals surface area contributed by atoms with Gasteiger partial charge in [0.25, 0.3) is 0 Å². The van der Waals surface area contributed by atoms with Crippen molar-refractivity contribution >= 4 is 33.9 Å². The Morgan fingerprint density at radius 2 is 0.714 bits per heavy atom. The largest absolute Gasteiger partial charge is 3.00 e. The first kappa shape index (κ1) is 162. The predicted octanol–water partition coefficient (Wildman–Crippen LogP) is -10.9. The molecule has 0 aliphatic rings. The molecule has 0 radical (unpaired) electrons. The molecule has 0 rings (SSSR count). The number of carbonyl (C=O) groups is 1. The zero-order valence-electron chi connectivity index (χ0n) is 9.85. The number of hydrogen-bond donors (Lipinski definition) is 0. The van der Waals surface area contributed by atoms with Crippen molar-refractivity contribution < 1.29 is 118 Å². The van der Waals surface area contributed by atoms with Gasteiger partial charge >= 0.3 is 53.9 Å². The summed E-state index contributed by atoms with van der Waals surface area (Å²) < 4.78 is 34.1. The first-order valence-electron chi connectivity index (χ1n) is 1.28. The molecule has 0 saturated carbocycles. The summed E-state index contributed by atoms with van der Waals surface area (Å²) in [5.41, 5.74) is 0. The summed E-state index contributed by atoms with van der Waals surface area (Å²) >= 11 is 0. The van der Waals surface area contributed by atoms with Gasteiger partial charge in [-0.15, -0.1) is 0 Å². The second-order valence-corrected chi connectivity index (χ2v) is 1.47. The Morgan fingerprint density at radius 1 is 0.714 bits per heavy atom. The molecule has 16 nitrogen and oxygen atoms in total. The van der Waals surface area contributed by atoms with E-state index >= 15 is 0 Å². The van der Waals surface area contributed by atoms with Crippen LogP contribution >= 0.6 is 0 Å². The molecule has 0 aromatic carbocycles. The minimum Gasteiger partial charge on any atom is -0.870 e. The maximum absolute atomic E-state index is 8.52. The maximum atomic E-state index is 8.52. The minimum atomic E-state index is -5.17. The van der Waals surface area contributed by atoms with E-state index < -0.39 is 16.6 Å². The van der Waals surface area contributed by atoms with Crippen LogP contribution in [0.2, 0.25) is 0 Å². The zero-order chi connectivity index (χ0) is 8.08. The zero-order valence-corrected chi connectivity index (χ0v) is 15.9. The molecule has 0 bridgehead atoms. The van der Waals surface area contributed by atoms with E-state index in [9.17, 15) is 0 Å². The molecule has 0 heterocycles. The van der Waals surface area contributed by atoms with Crippen molar-refractivity contribution in [3.8, 4) is 0 Å². The van der Waals surface area contributed by atoms with E-state index in [1.807, 2.05) is 0 Å². The van der Waals surface area contributed by atoms with Gasteiger partial charge in [0.2, 0.25) is 0 Å². The number of carbonyl (C=O) groups excluding carboxylic acids is 1. The van der Waals surface area contributed by atoms with Crippen LogP contribution in [0.4, 0.5) is 4.79 Å². The van der Waals surface area contributed by atoms with E-state index in [0.717, 1.165) is 0 Å². The van der Waals surface area contributed by atoms with Gasteiger partial charge in [0.05, 0.1) is 0 Å². The van der Waals surface area contributed by atoms with E-state index in [1.54, 1.807) is 0 Å². The van der Waals surface area contributed by atoms with Crippen LogP contribution in [-0.2, 0) is 46.9 Å². The fourth-order valence-corrected chi connectivity index (χ4v) is 0. The molecule has 0 spiro atoms. The second-order valence-electron chi connectivity index (χ2n) is 0.658. The van der Waals surface area contributed by atoms with Gasteiger partial charge in [-0.2, -0.15) is 0 Å². The van der Waals surface area contributed by atoms with Crippen LogP contribution in [0.5, 0.6) is 0 Å². The van der Waals surface area contributed by atoms with Gasteiger partial charge in [0.1, 0.15) is 0 Å². The van der Waals surface area contributed by atoms with Gasteiger partial charge in [-0.25, -0.2) is 0 Å². The van der Waals surface area contributed by atoms with Crippen LogP contribution < -0.4 is 10.2 Å². The Bertz CT molecular complexity index is 171. The maximum Gasteiger partial charge on any atom is 3.00 e. The van der Waals surface area contributed by atoms with Crippen LogP contribution in [0, 0.1) is 0 Å². The van der Waals surface area contributed by atoms with E-state index in [2.05, 4.69) is 0 Å². The molecule has 0 saturated heterocycles. The molecule has 17 N–H and O–H groups in total. The Kier molecular flexibility index (Phi) is 666. The summed E-state index contributed by atoms with van der Waals surface area (Å²) in [6.45, 7) is 0. The molecule has 0 amide bonds. The van der Waals surface area contributed by atoms with Crippen LogP contribution in [0.25, 0.3) is 0 Å². The van der Waals surface area contributed by atoms with Gasteiger partial charge in [-0.05, 0) is 6.16 Å². The summed E-state index contributed by atoms with van der Waals surface area (Å²) in [7, 11) is -5.17. The monoisotopic (exact) mass is 464 g/mol. The Labute approximate surface area is 152 Å². The average molecular weight is 465 g/mol. The molecule has 0 unspecified atom stereocenters. The number of rotatable bonds is 0. The number of hydrogen-bond acceptors (Lipinski definition) is 8. The molecule has 0 aliphatic heterocycles. The Morgan fingerprint density at radius 3 is 0.714 bits per heavy atom. The fraction of sp³-hybridized carbons (Fsp3) is 0. The van der Waals surface area contributed by atoms with Crippen molar-refractivity contribution in [2.75, 3.05) is 0 Å². The van der Waals surface area contributed by atoms with Gasteiger partial charge in [0, 0.05) is 10.4 Å². The summed E-state index contributed by atoms with van der Waals surface area (Å²) in [6, 6.07) is 0. The Hall–Kier alpha value is 0.455. The molecule has 0 fully saturated rings. The molecular weight excluding hydrogens is 448 g/mol. The van der Waals surface area contributed by atoms with Crippen LogP contribution in [0.1, 0.15) is 0 Å². The summed E-state index contributed by atoms with van der Waals surface area (Å²) in [4.78, 5) is 8.33. The van der Waals surface area contributed by atoms with Crippen molar-refractivity contribution in [2.45, 2.75) is 0 Å². The van der Waals surface area contributed by atoms with Crippen molar-refractivity contribution in [2.24, 2.45) is 0 Å². The smallest absolute Gasteiger partial charge is 0.870 e. The summed E-state index contributed by atoms with van der Waals surface area (Å²) in [5.74, 6) is 0. The third-order valence-corrected chi connectivity index (χ3v) is 0. The molecule has 0 aromatic heterocycles. The molecule has 21 heavy (non-hydrogen) atoms. The van der Waals surface area contributed by atoms with Gasteiger partial charge in [-0.3, -0.25) is 8.42 Å². The topological polar surface area (TPSA) is 425 Å². The summed E-state index contributed by atoms with van der Waals surface area (Å²) in [6.07, 6.45) is -2.33.